The Kier molecular flexibility index (Phi) is 4.02. The third-order valence-electron chi connectivity index (χ3n) is 9.70. The number of rotatable bonds is 4. The smallest absolute Gasteiger partial charge is 0.223 e. The van der Waals surface area contributed by atoms with Crippen LogP contribution < -0.4 is 5.32 Å². The molecule has 1 saturated heterocycles. The van der Waals surface area contributed by atoms with E-state index in [-0.39, 0.29) is 23.3 Å². The van der Waals surface area contributed by atoms with Gasteiger partial charge >= 0.3 is 0 Å². The van der Waals surface area contributed by atoms with Crippen molar-refractivity contribution in [2.24, 2.45) is 29.1 Å². The van der Waals surface area contributed by atoms with Crippen molar-refractivity contribution >= 4 is 5.91 Å². The quantitative estimate of drug-likeness (QED) is 0.807. The van der Waals surface area contributed by atoms with Crippen molar-refractivity contribution in [1.82, 2.24) is 10.2 Å². The van der Waals surface area contributed by atoms with E-state index in [0.717, 1.165) is 29.6 Å². The van der Waals surface area contributed by atoms with Gasteiger partial charge in [-0.05, 0) is 92.3 Å². The third-order valence-corrected chi connectivity index (χ3v) is 9.70. The Labute approximate surface area is 175 Å². The molecular weight excluding hydrogens is 356 g/mol. The Morgan fingerprint density at radius 1 is 1.14 bits per heavy atom. The lowest BCUT2D eigenvalue weighted by molar-refractivity contribution is -0.124. The lowest BCUT2D eigenvalue weighted by Gasteiger charge is -2.48. The minimum absolute atomic E-state index is 0.0491. The molecule has 3 saturated carbocycles. The van der Waals surface area contributed by atoms with Crippen LogP contribution in [0.25, 0.3) is 0 Å². The molecule has 0 aromatic heterocycles. The number of nitrogens with zero attached hydrogens (tertiary/aromatic N) is 1. The molecule has 3 heteroatoms. The van der Waals surface area contributed by atoms with Crippen LogP contribution in [0.3, 0.4) is 0 Å². The number of amides is 1. The number of carbonyl (C=O) groups is 1. The van der Waals surface area contributed by atoms with Gasteiger partial charge in [0.15, 0.2) is 0 Å². The van der Waals surface area contributed by atoms with Gasteiger partial charge in [-0.15, -0.1) is 0 Å². The maximum atomic E-state index is 12.4. The van der Waals surface area contributed by atoms with Crippen LogP contribution in [0.15, 0.2) is 24.3 Å². The average Bonchev–Trinajstić information content (AvgIpc) is 3.27. The summed E-state index contributed by atoms with van der Waals surface area (Å²) in [5.41, 5.74) is 4.03. The lowest BCUT2D eigenvalue weighted by Crippen LogP contribution is -2.48. The molecule has 156 valence electrons. The number of hydrogen-bond acceptors (Lipinski definition) is 2. The zero-order valence-electron chi connectivity index (χ0n) is 18.1. The molecule has 1 aromatic carbocycles. The fraction of sp³-hybridized carbons (Fsp3) is 0.731. The van der Waals surface area contributed by atoms with E-state index in [0.29, 0.717) is 0 Å². The van der Waals surface area contributed by atoms with Gasteiger partial charge < -0.3 is 10.2 Å². The number of benzene rings is 1. The summed E-state index contributed by atoms with van der Waals surface area (Å²) < 4.78 is 0. The number of piperidine rings is 1. The van der Waals surface area contributed by atoms with Crippen LogP contribution in [0.1, 0.15) is 76.0 Å². The third kappa shape index (κ3) is 2.69. The van der Waals surface area contributed by atoms with Gasteiger partial charge in [0, 0.05) is 17.9 Å². The molecule has 6 rings (SSSR count). The predicted molar refractivity (Wildman–Crippen MR) is 116 cm³/mol. The van der Waals surface area contributed by atoms with Crippen molar-refractivity contribution in [2.75, 3.05) is 19.6 Å². The van der Waals surface area contributed by atoms with Crippen molar-refractivity contribution in [3.63, 3.8) is 0 Å². The van der Waals surface area contributed by atoms with Crippen LogP contribution in [-0.4, -0.2) is 30.4 Å². The molecule has 0 radical (unpaired) electrons. The van der Waals surface area contributed by atoms with E-state index < -0.39 is 0 Å². The molecule has 5 aliphatic rings. The summed E-state index contributed by atoms with van der Waals surface area (Å²) in [7, 11) is 0. The van der Waals surface area contributed by atoms with Gasteiger partial charge in [0.25, 0.3) is 0 Å². The largest absolute Gasteiger partial charge is 0.349 e. The van der Waals surface area contributed by atoms with Crippen LogP contribution in [0.5, 0.6) is 0 Å². The highest BCUT2D eigenvalue weighted by Gasteiger charge is 2.70. The Morgan fingerprint density at radius 3 is 2.66 bits per heavy atom. The van der Waals surface area contributed by atoms with Crippen molar-refractivity contribution in [2.45, 2.75) is 70.3 Å². The van der Waals surface area contributed by atoms with Gasteiger partial charge in [0.1, 0.15) is 0 Å². The summed E-state index contributed by atoms with van der Waals surface area (Å²) in [5, 5.41) is 3.35. The second-order valence-electron chi connectivity index (χ2n) is 11.4. The van der Waals surface area contributed by atoms with Crippen LogP contribution in [0.2, 0.25) is 0 Å². The minimum Gasteiger partial charge on any atom is -0.349 e. The first kappa shape index (κ1) is 18.4. The fourth-order valence-corrected chi connectivity index (χ4v) is 8.01. The summed E-state index contributed by atoms with van der Waals surface area (Å²) in [6.07, 6.45) is 9.76. The molecule has 1 aliphatic heterocycles. The lowest BCUT2D eigenvalue weighted by atomic mass is 9.62. The summed E-state index contributed by atoms with van der Waals surface area (Å²) in [4.78, 5) is 15.2. The summed E-state index contributed by atoms with van der Waals surface area (Å²) in [5.74, 6) is 3.43. The van der Waals surface area contributed by atoms with Crippen molar-refractivity contribution in [3.8, 4) is 0 Å². The van der Waals surface area contributed by atoms with Gasteiger partial charge in [-0.25, -0.2) is 0 Å². The number of nitrogens with one attached hydrogen (secondary N) is 1. The Bertz CT molecular complexity index is 822. The van der Waals surface area contributed by atoms with Gasteiger partial charge in [-0.2, -0.15) is 0 Å². The van der Waals surface area contributed by atoms with E-state index in [4.69, 9.17) is 0 Å². The van der Waals surface area contributed by atoms with Crippen molar-refractivity contribution < 1.29 is 4.79 Å². The Morgan fingerprint density at radius 2 is 1.93 bits per heavy atom. The first-order valence-corrected chi connectivity index (χ1v) is 12.1. The second-order valence-corrected chi connectivity index (χ2v) is 11.4. The zero-order chi connectivity index (χ0) is 19.8. The van der Waals surface area contributed by atoms with Crippen LogP contribution in [0, 0.1) is 29.1 Å². The summed E-state index contributed by atoms with van der Waals surface area (Å²) in [6, 6.07) is 9.13. The number of fused-ring (bicyclic) bond motifs is 2. The van der Waals surface area contributed by atoms with Gasteiger partial charge in [-0.3, -0.25) is 4.79 Å². The maximum absolute atomic E-state index is 12.4. The van der Waals surface area contributed by atoms with E-state index in [1.807, 2.05) is 13.8 Å². The van der Waals surface area contributed by atoms with E-state index in [2.05, 4.69) is 34.5 Å². The van der Waals surface area contributed by atoms with Crippen LogP contribution >= 0.6 is 0 Å². The molecule has 29 heavy (non-hydrogen) atoms. The van der Waals surface area contributed by atoms with E-state index in [9.17, 15) is 4.79 Å². The molecule has 2 spiro atoms. The first-order valence-electron chi connectivity index (χ1n) is 12.1. The van der Waals surface area contributed by atoms with E-state index in [1.165, 1.54) is 62.9 Å². The van der Waals surface area contributed by atoms with Crippen molar-refractivity contribution in [1.29, 1.82) is 0 Å². The van der Waals surface area contributed by atoms with Gasteiger partial charge in [-0.1, -0.05) is 38.1 Å². The summed E-state index contributed by atoms with van der Waals surface area (Å²) >= 11 is 0. The van der Waals surface area contributed by atoms with Crippen LogP contribution in [0.4, 0.5) is 0 Å². The Balaban J connectivity index is 1.12. The molecule has 4 fully saturated rings. The van der Waals surface area contributed by atoms with E-state index >= 15 is 0 Å². The topological polar surface area (TPSA) is 32.3 Å². The molecule has 1 unspecified atom stereocenters. The van der Waals surface area contributed by atoms with E-state index in [1.54, 1.807) is 6.42 Å². The maximum Gasteiger partial charge on any atom is 0.223 e. The molecule has 1 amide bonds. The molecule has 4 aliphatic carbocycles. The second kappa shape index (κ2) is 6.33. The summed E-state index contributed by atoms with van der Waals surface area (Å²) in [6.45, 7) is 7.80. The number of hydrogen-bond donors (Lipinski definition) is 1. The zero-order valence-corrected chi connectivity index (χ0v) is 18.1. The fourth-order valence-electron chi connectivity index (χ4n) is 8.01. The predicted octanol–water partition coefficient (Wildman–Crippen LogP) is 4.67. The van der Waals surface area contributed by atoms with Gasteiger partial charge in [0.2, 0.25) is 5.91 Å². The molecule has 0 bridgehead atoms. The SMILES string of the molecule is CC(C)C(=O)N[C@H]1CC2(CCN(C[C@H]3CC45C[C@@H]4CC[C@H]35)CC2)c2ccccc21. The molecule has 1 heterocycles. The minimum atomic E-state index is 0.0491. The molecule has 1 N–H and O–H groups in total. The normalized spacial score (nSPS) is 39.0. The molecule has 3 nitrogen and oxygen atoms in total. The monoisotopic (exact) mass is 392 g/mol. The highest BCUT2D eigenvalue weighted by Crippen LogP contribution is 2.77. The highest BCUT2D eigenvalue weighted by molar-refractivity contribution is 5.78. The average molecular weight is 393 g/mol. The van der Waals surface area contributed by atoms with Crippen molar-refractivity contribution in [3.05, 3.63) is 35.4 Å². The molecular formula is C26H36N2O. The molecule has 1 aromatic rings. The number of carbonyl (C=O) groups excluding carboxylic acids is 1. The Hall–Kier alpha value is -1.35. The number of likely N-dealkylation sites (tertiary alicyclic amines) is 1. The van der Waals surface area contributed by atoms with Crippen LogP contribution in [-0.2, 0) is 10.2 Å². The molecule has 5 atom stereocenters. The highest BCUT2D eigenvalue weighted by atomic mass is 16.1. The standard InChI is InChI=1S/C26H36N2O/c1-17(2)24(29)27-23-15-25(22-6-4-3-5-20(22)23)9-11-28(12-10-25)16-18-13-26-14-19(26)7-8-21(18)26/h3-6,17-19,21,23H,7-16H2,1-2H3,(H,27,29)/t18-,19+,21-,23+,26?/m1/s1. The van der Waals surface area contributed by atoms with Gasteiger partial charge in [0.05, 0.1) is 6.04 Å². The first-order chi connectivity index (χ1) is 14.0.